The molecule has 2 rings (SSSR count). The first-order valence-corrected chi connectivity index (χ1v) is 8.96. The van der Waals surface area contributed by atoms with Crippen molar-refractivity contribution in [3.05, 3.63) is 72.2 Å². The van der Waals surface area contributed by atoms with Crippen molar-refractivity contribution in [1.82, 2.24) is 10.6 Å². The number of hydrogen-bond donors (Lipinski definition) is 2. The summed E-state index contributed by atoms with van der Waals surface area (Å²) in [5.41, 5.74) is 1.28. The Bertz CT molecular complexity index is 633. The van der Waals surface area contributed by atoms with Gasteiger partial charge in [0.25, 0.3) is 0 Å². The summed E-state index contributed by atoms with van der Waals surface area (Å²) in [6, 6.07) is 0. The minimum atomic E-state index is -4.94. The molecule has 0 aromatic heterocycles. The summed E-state index contributed by atoms with van der Waals surface area (Å²) in [6.45, 7) is 1.32. The van der Waals surface area contributed by atoms with Crippen LogP contribution in [0.2, 0.25) is 0 Å². The van der Waals surface area contributed by atoms with E-state index in [1.54, 1.807) is 36.7 Å². The second kappa shape index (κ2) is 14.0. The number of rotatable bonds is 5. The van der Waals surface area contributed by atoms with Crippen LogP contribution < -0.4 is 29.3 Å². The number of hydrogen-bond acceptors (Lipinski definition) is 9. The van der Waals surface area contributed by atoms with E-state index < -0.39 is 10.2 Å². The number of allylic oxidation sites excluding steroid dienone is 10. The minimum absolute atomic E-state index is 0.000182. The zero-order valence-electron chi connectivity index (χ0n) is 13.8. The van der Waals surface area contributed by atoms with Crippen LogP contribution in [0.15, 0.2) is 72.2 Å². The van der Waals surface area contributed by atoms with Crippen LogP contribution in [0.25, 0.3) is 0 Å². The van der Waals surface area contributed by atoms with Gasteiger partial charge in [0.1, 0.15) is 0 Å². The summed E-state index contributed by atoms with van der Waals surface area (Å²) < 4.78 is 42.1. The van der Waals surface area contributed by atoms with E-state index in [0.717, 1.165) is 0 Å². The van der Waals surface area contributed by atoms with Crippen molar-refractivity contribution in [2.45, 2.75) is 0 Å². The molecule has 0 bridgehead atoms. The standard InChI is InChI=1S/C16H16N2O2.ClHO4.Cr.O/c19-15-7-3-1-5-13(15)11-17-9-10-18-12-14-6-2-4-8-16(14)20;2-1(3,4)5;;/h1-8,11-12,17-18H,9-10H2;(H,2,3,4,5);;/p-1/b13-11-,14-12-;;;. The topological polar surface area (TPSA) is 168 Å². The molecule has 0 aromatic rings. The molecular formula is C16H16ClCrN2O7-. The van der Waals surface area contributed by atoms with Crippen LogP contribution in [0, 0.1) is 10.2 Å². The normalized spacial score (nSPS) is 17.9. The van der Waals surface area contributed by atoms with Crippen LogP contribution >= 0.6 is 0 Å². The van der Waals surface area contributed by atoms with E-state index >= 15 is 0 Å². The number of nitrogens with one attached hydrogen (secondary N) is 2. The Hall–Kier alpha value is -2.16. The summed E-state index contributed by atoms with van der Waals surface area (Å²) in [5.74, 6) is -0.000363. The number of carbonyl (C=O) groups is 2. The molecule has 0 heterocycles. The van der Waals surface area contributed by atoms with Gasteiger partial charge in [-0.05, 0) is 24.3 Å². The summed E-state index contributed by atoms with van der Waals surface area (Å²) in [6.07, 6.45) is 17.1. The van der Waals surface area contributed by atoms with Gasteiger partial charge in [-0.1, -0.05) is 24.3 Å². The summed E-state index contributed by atoms with van der Waals surface area (Å²) >= 11 is 1.38. The van der Waals surface area contributed by atoms with Gasteiger partial charge in [-0.15, -0.1) is 10.2 Å². The predicted molar refractivity (Wildman–Crippen MR) is 79.4 cm³/mol. The predicted octanol–water partition coefficient (Wildman–Crippen LogP) is -3.55. The Balaban J connectivity index is 0.000000838. The molecule has 0 fully saturated rings. The van der Waals surface area contributed by atoms with E-state index in [4.69, 9.17) is 22.4 Å². The Labute approximate surface area is 166 Å². The Kier molecular flexibility index (Phi) is 12.9. The average molecular weight is 436 g/mol. The molecule has 0 unspecified atom stereocenters. The van der Waals surface area contributed by atoms with Crippen molar-refractivity contribution in [2.24, 2.45) is 0 Å². The molecule has 0 aliphatic heterocycles. The van der Waals surface area contributed by atoms with Gasteiger partial charge < -0.3 is 10.6 Å². The second-order valence-electron chi connectivity index (χ2n) is 4.65. The van der Waals surface area contributed by atoms with Crippen molar-refractivity contribution in [3.63, 3.8) is 0 Å². The third-order valence-corrected chi connectivity index (χ3v) is 2.77. The van der Waals surface area contributed by atoms with Crippen molar-refractivity contribution in [2.75, 3.05) is 13.1 Å². The van der Waals surface area contributed by atoms with E-state index in [-0.39, 0.29) is 11.6 Å². The zero-order chi connectivity index (χ0) is 20.7. The van der Waals surface area contributed by atoms with Gasteiger partial charge in [-0.3, -0.25) is 9.59 Å². The van der Waals surface area contributed by atoms with Crippen LogP contribution in [0.3, 0.4) is 0 Å². The first-order chi connectivity index (χ1) is 12.8. The van der Waals surface area contributed by atoms with Gasteiger partial charge in [-0.25, -0.2) is 18.6 Å². The fraction of sp³-hybridized carbons (Fsp3) is 0.125. The van der Waals surface area contributed by atoms with Crippen molar-refractivity contribution < 1.29 is 58.5 Å². The average Bonchev–Trinajstić information content (AvgIpc) is 2.61. The van der Waals surface area contributed by atoms with E-state index in [9.17, 15) is 9.59 Å². The molecule has 146 valence electrons. The Morgan fingerprint density at radius 3 is 1.33 bits per heavy atom. The van der Waals surface area contributed by atoms with Gasteiger partial charge in [0.05, 0.1) is 0 Å². The van der Waals surface area contributed by atoms with Crippen LogP contribution in [0.1, 0.15) is 0 Å². The Morgan fingerprint density at radius 2 is 1.04 bits per heavy atom. The van der Waals surface area contributed by atoms with Crippen molar-refractivity contribution in [3.8, 4) is 0 Å². The Morgan fingerprint density at radius 1 is 0.741 bits per heavy atom. The number of ketones is 2. The summed E-state index contributed by atoms with van der Waals surface area (Å²) in [5, 5.41) is 6.12. The molecule has 2 aliphatic rings. The molecule has 0 spiro atoms. The monoisotopic (exact) mass is 435 g/mol. The molecule has 2 aliphatic carbocycles. The summed E-state index contributed by atoms with van der Waals surface area (Å²) in [7, 11) is -4.94. The van der Waals surface area contributed by atoms with Crippen molar-refractivity contribution in [1.29, 1.82) is 0 Å². The van der Waals surface area contributed by atoms with Gasteiger partial charge in [0, 0.05) is 36.6 Å². The molecule has 9 nitrogen and oxygen atoms in total. The molecule has 0 amide bonds. The number of halogens is 1. The van der Waals surface area contributed by atoms with E-state index in [1.165, 1.54) is 28.4 Å². The molecule has 0 saturated heterocycles. The third-order valence-electron chi connectivity index (χ3n) is 2.77. The quantitative estimate of drug-likeness (QED) is 0.328. The fourth-order valence-electron chi connectivity index (χ4n) is 1.71. The molecular weight excluding hydrogens is 420 g/mol. The SMILES string of the molecule is O=C1C=CC=C/C1=C/NCCN/C=C1/C=CC=CC1=O.[O-][Cl+3]([O-])([O-])[O-].[O]=[Cr]. The zero-order valence-corrected chi connectivity index (χ0v) is 15.9. The van der Waals surface area contributed by atoms with Crippen LogP contribution in [0.4, 0.5) is 0 Å². The number of carbonyl (C=O) groups excluding carboxylic acids is 2. The molecule has 2 N–H and O–H groups in total. The van der Waals surface area contributed by atoms with E-state index in [1.807, 2.05) is 12.2 Å². The molecule has 0 atom stereocenters. The van der Waals surface area contributed by atoms with Gasteiger partial charge in [0.15, 0.2) is 11.6 Å². The maximum atomic E-state index is 11.4. The fourth-order valence-corrected chi connectivity index (χ4v) is 1.71. The van der Waals surface area contributed by atoms with Crippen LogP contribution in [0.5, 0.6) is 0 Å². The molecule has 27 heavy (non-hydrogen) atoms. The first kappa shape index (κ1) is 24.8. The van der Waals surface area contributed by atoms with Crippen LogP contribution in [-0.2, 0) is 29.6 Å². The van der Waals surface area contributed by atoms with Crippen LogP contribution in [-0.4, -0.2) is 24.7 Å². The molecule has 0 radical (unpaired) electrons. The maximum absolute atomic E-state index is 11.4. The van der Waals surface area contributed by atoms with Gasteiger partial charge in [0.2, 0.25) is 0 Å². The molecule has 0 aromatic carbocycles. The molecule has 0 saturated carbocycles. The second-order valence-corrected chi connectivity index (χ2v) is 5.41. The van der Waals surface area contributed by atoms with E-state index in [0.29, 0.717) is 24.2 Å². The van der Waals surface area contributed by atoms with Gasteiger partial charge >= 0.3 is 20.0 Å². The van der Waals surface area contributed by atoms with E-state index in [2.05, 4.69) is 10.6 Å². The molecule has 11 heteroatoms. The third kappa shape index (κ3) is 13.7. The van der Waals surface area contributed by atoms with Crippen molar-refractivity contribution >= 4 is 11.6 Å². The first-order valence-electron chi connectivity index (χ1n) is 7.21. The summed E-state index contributed by atoms with van der Waals surface area (Å²) in [4.78, 5) is 22.9. The van der Waals surface area contributed by atoms with Gasteiger partial charge in [-0.2, -0.15) is 0 Å².